The fourth-order valence-electron chi connectivity index (χ4n) is 2.61. The lowest BCUT2D eigenvalue weighted by Crippen LogP contribution is -2.13. The van der Waals surface area contributed by atoms with Crippen LogP contribution in [0.1, 0.15) is 18.1 Å². The molecule has 0 saturated carbocycles. The predicted octanol–water partition coefficient (Wildman–Crippen LogP) is 4.06. The van der Waals surface area contributed by atoms with Crippen LogP contribution < -0.4 is 5.32 Å². The van der Waals surface area contributed by atoms with Crippen molar-refractivity contribution in [3.05, 3.63) is 58.4 Å². The molecule has 3 rings (SSSR count). The van der Waals surface area contributed by atoms with Gasteiger partial charge in [-0.05, 0) is 52.4 Å². The molecule has 20 heavy (non-hydrogen) atoms. The first kappa shape index (κ1) is 13.4. The molecule has 0 amide bonds. The van der Waals surface area contributed by atoms with Crippen molar-refractivity contribution >= 4 is 22.2 Å². The minimum absolute atomic E-state index is 0.941. The smallest absolute Gasteiger partial charge is 0.0525 e. The van der Waals surface area contributed by atoms with E-state index in [1.807, 2.05) is 0 Å². The van der Waals surface area contributed by atoms with Crippen molar-refractivity contribution in [3.8, 4) is 0 Å². The molecule has 0 bridgehead atoms. The number of thiophene rings is 1. The largest absolute Gasteiger partial charge is 0.347 e. The molecule has 1 aromatic carbocycles. The Bertz CT molecular complexity index is 667. The third-order valence-electron chi connectivity index (χ3n) is 3.66. The molecular formula is C17H20N2S. The average Bonchev–Trinajstić information content (AvgIpc) is 3.12. The Morgan fingerprint density at radius 2 is 2.15 bits per heavy atom. The summed E-state index contributed by atoms with van der Waals surface area (Å²) in [7, 11) is 0. The quantitative estimate of drug-likeness (QED) is 0.722. The Morgan fingerprint density at radius 1 is 1.20 bits per heavy atom. The zero-order chi connectivity index (χ0) is 13.8. The van der Waals surface area contributed by atoms with E-state index in [1.54, 1.807) is 11.3 Å². The summed E-state index contributed by atoms with van der Waals surface area (Å²) in [6.07, 6.45) is 3.31. The molecule has 0 aliphatic heterocycles. The molecule has 104 valence electrons. The van der Waals surface area contributed by atoms with E-state index in [9.17, 15) is 0 Å². The lowest BCUT2D eigenvalue weighted by molar-refractivity contribution is 0.703. The first-order valence-electron chi connectivity index (χ1n) is 7.17. The summed E-state index contributed by atoms with van der Waals surface area (Å²) in [6, 6.07) is 11.0. The monoisotopic (exact) mass is 284 g/mol. The second-order valence-corrected chi connectivity index (χ2v) is 5.81. The third-order valence-corrected chi connectivity index (χ3v) is 4.39. The van der Waals surface area contributed by atoms with Crippen molar-refractivity contribution in [2.75, 3.05) is 6.54 Å². The fraction of sp³-hybridized carbons (Fsp3) is 0.294. The maximum atomic E-state index is 3.43. The van der Waals surface area contributed by atoms with E-state index in [0.29, 0.717) is 0 Å². The van der Waals surface area contributed by atoms with Crippen LogP contribution in [0.4, 0.5) is 0 Å². The van der Waals surface area contributed by atoms with Crippen molar-refractivity contribution < 1.29 is 0 Å². The van der Waals surface area contributed by atoms with Crippen LogP contribution in [0.5, 0.6) is 0 Å². The van der Waals surface area contributed by atoms with Crippen LogP contribution >= 0.6 is 11.3 Å². The van der Waals surface area contributed by atoms with E-state index < -0.39 is 0 Å². The Labute approximate surface area is 124 Å². The highest BCUT2D eigenvalue weighted by atomic mass is 32.1. The minimum Gasteiger partial charge on any atom is -0.347 e. The molecule has 0 fully saturated rings. The molecule has 2 nitrogen and oxygen atoms in total. The number of fused-ring (bicyclic) bond motifs is 1. The summed E-state index contributed by atoms with van der Waals surface area (Å²) in [5.74, 6) is 0. The lowest BCUT2D eigenvalue weighted by atomic mass is 10.1. The first-order chi connectivity index (χ1) is 9.88. The molecule has 3 aromatic rings. The Balaban J connectivity index is 1.86. The summed E-state index contributed by atoms with van der Waals surface area (Å²) in [6.45, 7) is 5.14. The van der Waals surface area contributed by atoms with Crippen LogP contribution in [-0.4, -0.2) is 11.1 Å². The predicted molar refractivity (Wildman–Crippen MR) is 87.3 cm³/mol. The lowest BCUT2D eigenvalue weighted by Gasteiger charge is -2.10. The minimum atomic E-state index is 0.941. The van der Waals surface area contributed by atoms with Gasteiger partial charge in [-0.15, -0.1) is 0 Å². The van der Waals surface area contributed by atoms with Gasteiger partial charge in [0.15, 0.2) is 0 Å². The molecule has 0 unspecified atom stereocenters. The van der Waals surface area contributed by atoms with E-state index in [4.69, 9.17) is 0 Å². The number of aryl methyl sites for hydroxylation is 2. The molecule has 0 aliphatic carbocycles. The third kappa shape index (κ3) is 2.79. The van der Waals surface area contributed by atoms with Crippen molar-refractivity contribution in [3.63, 3.8) is 0 Å². The van der Waals surface area contributed by atoms with Gasteiger partial charge in [0.05, 0.1) is 5.52 Å². The van der Waals surface area contributed by atoms with Crippen molar-refractivity contribution in [2.45, 2.75) is 26.4 Å². The zero-order valence-corrected chi connectivity index (χ0v) is 12.6. The molecule has 1 N–H and O–H groups in total. The van der Waals surface area contributed by atoms with Crippen molar-refractivity contribution in [2.24, 2.45) is 0 Å². The van der Waals surface area contributed by atoms with Gasteiger partial charge >= 0.3 is 0 Å². The molecule has 3 heteroatoms. The van der Waals surface area contributed by atoms with Gasteiger partial charge in [0.25, 0.3) is 0 Å². The number of nitrogens with zero attached hydrogens (tertiary/aromatic N) is 1. The van der Waals surface area contributed by atoms with E-state index >= 15 is 0 Å². The van der Waals surface area contributed by atoms with Crippen LogP contribution in [0.15, 0.2) is 47.3 Å². The van der Waals surface area contributed by atoms with Crippen molar-refractivity contribution in [1.29, 1.82) is 0 Å². The summed E-state index contributed by atoms with van der Waals surface area (Å²) in [4.78, 5) is 0. The topological polar surface area (TPSA) is 17.0 Å². The standard InChI is InChI=1S/C17H20N2S/c1-2-18-12-16-5-3-4-15-7-10-19(17(15)16)9-6-14-8-11-20-13-14/h3-5,7-8,10-11,13,18H,2,6,9,12H2,1H3. The van der Waals surface area contributed by atoms with Crippen LogP contribution in [0, 0.1) is 0 Å². The van der Waals surface area contributed by atoms with Gasteiger partial charge in [0.1, 0.15) is 0 Å². The van der Waals surface area contributed by atoms with Gasteiger partial charge < -0.3 is 9.88 Å². The van der Waals surface area contributed by atoms with Crippen LogP contribution in [-0.2, 0) is 19.5 Å². The number of rotatable bonds is 6. The molecule has 0 atom stereocenters. The molecule has 0 saturated heterocycles. The van der Waals surface area contributed by atoms with E-state index in [1.165, 1.54) is 22.0 Å². The highest BCUT2D eigenvalue weighted by Gasteiger charge is 2.06. The summed E-state index contributed by atoms with van der Waals surface area (Å²) >= 11 is 1.78. The average molecular weight is 284 g/mol. The van der Waals surface area contributed by atoms with Crippen molar-refractivity contribution in [1.82, 2.24) is 9.88 Å². The summed E-state index contributed by atoms with van der Waals surface area (Å²) < 4.78 is 2.39. The van der Waals surface area contributed by atoms with Gasteiger partial charge in [-0.2, -0.15) is 11.3 Å². The van der Waals surface area contributed by atoms with Gasteiger partial charge in [0, 0.05) is 19.3 Å². The molecular weight excluding hydrogens is 264 g/mol. The maximum Gasteiger partial charge on any atom is 0.0525 e. The Morgan fingerprint density at radius 3 is 2.95 bits per heavy atom. The van der Waals surface area contributed by atoms with E-state index in [2.05, 4.69) is 64.1 Å². The SMILES string of the molecule is CCNCc1cccc2ccn(CCc3ccsc3)c12. The number of hydrogen-bond acceptors (Lipinski definition) is 2. The van der Waals surface area contributed by atoms with Gasteiger partial charge in [-0.1, -0.05) is 25.1 Å². The molecule has 0 aliphatic rings. The van der Waals surface area contributed by atoms with Gasteiger partial charge in [0.2, 0.25) is 0 Å². The van der Waals surface area contributed by atoms with E-state index in [-0.39, 0.29) is 0 Å². The number of aromatic nitrogens is 1. The number of hydrogen-bond donors (Lipinski definition) is 1. The molecule has 0 spiro atoms. The highest BCUT2D eigenvalue weighted by Crippen LogP contribution is 2.21. The Hall–Kier alpha value is -1.58. The normalized spacial score (nSPS) is 11.2. The number of nitrogens with one attached hydrogen (secondary N) is 1. The van der Waals surface area contributed by atoms with E-state index in [0.717, 1.165) is 26.1 Å². The second kappa shape index (κ2) is 6.25. The molecule has 2 aromatic heterocycles. The Kier molecular flexibility index (Phi) is 4.19. The highest BCUT2D eigenvalue weighted by molar-refractivity contribution is 7.07. The van der Waals surface area contributed by atoms with Gasteiger partial charge in [-0.25, -0.2) is 0 Å². The first-order valence-corrected chi connectivity index (χ1v) is 8.11. The molecule has 2 heterocycles. The zero-order valence-electron chi connectivity index (χ0n) is 11.8. The van der Waals surface area contributed by atoms with Crippen LogP contribution in [0.2, 0.25) is 0 Å². The molecule has 0 radical (unpaired) electrons. The maximum absolute atomic E-state index is 3.43. The fourth-order valence-corrected chi connectivity index (χ4v) is 3.32. The van der Waals surface area contributed by atoms with Crippen LogP contribution in [0.25, 0.3) is 10.9 Å². The summed E-state index contributed by atoms with van der Waals surface area (Å²) in [5, 5.41) is 9.16. The van der Waals surface area contributed by atoms with Gasteiger partial charge in [-0.3, -0.25) is 0 Å². The summed E-state index contributed by atoms with van der Waals surface area (Å²) in [5.41, 5.74) is 4.20. The second-order valence-electron chi connectivity index (χ2n) is 5.03. The van der Waals surface area contributed by atoms with Crippen LogP contribution in [0.3, 0.4) is 0 Å². The number of benzene rings is 1. The number of para-hydroxylation sites is 1.